The third-order valence-electron chi connectivity index (χ3n) is 1.86. The van der Waals surface area contributed by atoms with Crippen LogP contribution in [0.25, 0.3) is 0 Å². The van der Waals surface area contributed by atoms with Crippen molar-refractivity contribution in [1.29, 1.82) is 0 Å². The summed E-state index contributed by atoms with van der Waals surface area (Å²) in [5.74, 6) is -2.31. The van der Waals surface area contributed by atoms with Crippen LogP contribution >= 0.6 is 0 Å². The van der Waals surface area contributed by atoms with E-state index in [1.165, 1.54) is 13.2 Å². The van der Waals surface area contributed by atoms with Gasteiger partial charge in [0.05, 0.1) is 19.8 Å². The number of halogens is 2. The van der Waals surface area contributed by atoms with Crippen LogP contribution in [0.15, 0.2) is 12.1 Å². The smallest absolute Gasteiger partial charge is 0.200 e. The van der Waals surface area contributed by atoms with Gasteiger partial charge in [-0.2, -0.15) is 4.39 Å². The highest BCUT2D eigenvalue weighted by Crippen LogP contribution is 2.24. The molecule has 1 aromatic rings. The summed E-state index contributed by atoms with van der Waals surface area (Å²) in [6.07, 6.45) is 0. The van der Waals surface area contributed by atoms with Gasteiger partial charge in [0, 0.05) is 0 Å². The molecule has 0 aliphatic rings. The van der Waals surface area contributed by atoms with E-state index in [4.69, 9.17) is 10.8 Å². The molecule has 1 rings (SSSR count). The van der Waals surface area contributed by atoms with Gasteiger partial charge in [-0.05, 0) is 17.7 Å². The first-order chi connectivity index (χ1) is 6.60. The highest BCUT2D eigenvalue weighted by molar-refractivity contribution is 5.33. The molecule has 0 aromatic heterocycles. The number of methoxy groups -OCH3 is 1. The van der Waals surface area contributed by atoms with Gasteiger partial charge in [-0.1, -0.05) is 0 Å². The van der Waals surface area contributed by atoms with Gasteiger partial charge >= 0.3 is 0 Å². The van der Waals surface area contributed by atoms with Gasteiger partial charge in [-0.25, -0.2) is 4.39 Å². The molecule has 0 heterocycles. The maximum absolute atomic E-state index is 12.9. The highest BCUT2D eigenvalue weighted by Gasteiger charge is 2.14. The molecule has 0 aliphatic heterocycles. The second-order valence-corrected chi connectivity index (χ2v) is 2.81. The number of rotatable bonds is 3. The van der Waals surface area contributed by atoms with E-state index in [9.17, 15) is 8.78 Å². The molecule has 0 amide bonds. The Morgan fingerprint density at radius 1 is 1.50 bits per heavy atom. The SMILES string of the molecule is COc1cc([C@H](N)CO)cc(F)c1F. The van der Waals surface area contributed by atoms with Gasteiger partial charge in [-0.15, -0.1) is 0 Å². The van der Waals surface area contributed by atoms with Crippen molar-refractivity contribution in [2.24, 2.45) is 5.73 Å². The molecule has 0 unspecified atom stereocenters. The van der Waals surface area contributed by atoms with Gasteiger partial charge < -0.3 is 15.6 Å². The van der Waals surface area contributed by atoms with Crippen LogP contribution in [0.5, 0.6) is 5.75 Å². The topological polar surface area (TPSA) is 55.5 Å². The Balaban J connectivity index is 3.16. The van der Waals surface area contributed by atoms with Crippen LogP contribution in [0, 0.1) is 11.6 Å². The molecule has 78 valence electrons. The first-order valence-corrected chi connectivity index (χ1v) is 3.99. The zero-order chi connectivity index (χ0) is 10.7. The lowest BCUT2D eigenvalue weighted by molar-refractivity contribution is 0.267. The van der Waals surface area contributed by atoms with E-state index in [0.29, 0.717) is 5.56 Å². The average molecular weight is 203 g/mol. The first kappa shape index (κ1) is 10.9. The van der Waals surface area contributed by atoms with Crippen LogP contribution in [0.4, 0.5) is 8.78 Å². The molecule has 1 aromatic carbocycles. The maximum atomic E-state index is 12.9. The third-order valence-corrected chi connectivity index (χ3v) is 1.86. The highest BCUT2D eigenvalue weighted by atomic mass is 19.2. The van der Waals surface area contributed by atoms with Crippen molar-refractivity contribution in [2.45, 2.75) is 6.04 Å². The van der Waals surface area contributed by atoms with Gasteiger partial charge in [0.2, 0.25) is 5.82 Å². The summed E-state index contributed by atoms with van der Waals surface area (Å²) in [5.41, 5.74) is 5.74. The molecule has 0 saturated carbocycles. The minimum Gasteiger partial charge on any atom is -0.494 e. The van der Waals surface area contributed by atoms with Crippen LogP contribution in [-0.4, -0.2) is 18.8 Å². The van der Waals surface area contributed by atoms with Crippen molar-refractivity contribution in [3.63, 3.8) is 0 Å². The van der Waals surface area contributed by atoms with Crippen LogP contribution in [0.1, 0.15) is 11.6 Å². The minimum atomic E-state index is -1.05. The summed E-state index contributed by atoms with van der Waals surface area (Å²) in [5, 5.41) is 8.73. The molecule has 3 N–H and O–H groups in total. The Labute approximate surface area is 80.1 Å². The fraction of sp³-hybridized carbons (Fsp3) is 0.333. The van der Waals surface area contributed by atoms with Crippen molar-refractivity contribution in [2.75, 3.05) is 13.7 Å². The Bertz CT molecular complexity index is 331. The van der Waals surface area contributed by atoms with Crippen LogP contribution in [0.2, 0.25) is 0 Å². The molecular formula is C9H11F2NO2. The fourth-order valence-corrected chi connectivity index (χ4v) is 1.05. The molecule has 0 bridgehead atoms. The molecule has 5 heteroatoms. The molecule has 14 heavy (non-hydrogen) atoms. The molecule has 0 aliphatic carbocycles. The predicted octanol–water partition coefficient (Wildman–Crippen LogP) is 0.965. The van der Waals surface area contributed by atoms with Gasteiger partial charge in [0.1, 0.15) is 0 Å². The average Bonchev–Trinajstić information content (AvgIpc) is 2.20. The third kappa shape index (κ3) is 2.00. The number of hydrogen-bond acceptors (Lipinski definition) is 3. The maximum Gasteiger partial charge on any atom is 0.200 e. The summed E-state index contributed by atoms with van der Waals surface area (Å²) < 4.78 is 30.5. The molecule has 0 saturated heterocycles. The summed E-state index contributed by atoms with van der Waals surface area (Å²) in [7, 11) is 1.23. The Hall–Kier alpha value is -1.20. The van der Waals surface area contributed by atoms with E-state index in [1.807, 2.05) is 0 Å². The van der Waals surface area contributed by atoms with E-state index in [1.54, 1.807) is 0 Å². The van der Waals surface area contributed by atoms with Crippen molar-refractivity contribution in [3.05, 3.63) is 29.3 Å². The van der Waals surface area contributed by atoms with E-state index in [-0.39, 0.29) is 12.4 Å². The lowest BCUT2D eigenvalue weighted by atomic mass is 10.1. The van der Waals surface area contributed by atoms with E-state index < -0.39 is 17.7 Å². The van der Waals surface area contributed by atoms with E-state index >= 15 is 0 Å². The lowest BCUT2D eigenvalue weighted by Crippen LogP contribution is -2.15. The summed E-state index contributed by atoms with van der Waals surface area (Å²) in [6.45, 7) is -0.339. The second kappa shape index (κ2) is 4.34. The van der Waals surface area contributed by atoms with E-state index in [0.717, 1.165) is 6.07 Å². The number of benzene rings is 1. The number of aliphatic hydroxyl groups is 1. The minimum absolute atomic E-state index is 0.219. The predicted molar refractivity (Wildman–Crippen MR) is 46.9 cm³/mol. The van der Waals surface area contributed by atoms with Crippen LogP contribution < -0.4 is 10.5 Å². The van der Waals surface area contributed by atoms with E-state index in [2.05, 4.69) is 4.74 Å². The largest absolute Gasteiger partial charge is 0.494 e. The van der Waals surface area contributed by atoms with Crippen molar-refractivity contribution >= 4 is 0 Å². The van der Waals surface area contributed by atoms with Gasteiger partial charge in [0.15, 0.2) is 11.6 Å². The monoisotopic (exact) mass is 203 g/mol. The zero-order valence-electron chi connectivity index (χ0n) is 7.63. The molecule has 3 nitrogen and oxygen atoms in total. The Kier molecular flexibility index (Phi) is 3.38. The van der Waals surface area contributed by atoms with Crippen molar-refractivity contribution in [3.8, 4) is 5.75 Å². The number of nitrogens with two attached hydrogens (primary N) is 1. The fourth-order valence-electron chi connectivity index (χ4n) is 1.05. The molecule has 0 fully saturated rings. The van der Waals surface area contributed by atoms with Crippen LogP contribution in [-0.2, 0) is 0 Å². The molecule has 0 spiro atoms. The molecular weight excluding hydrogens is 192 g/mol. The normalized spacial score (nSPS) is 12.6. The number of hydrogen-bond donors (Lipinski definition) is 2. The number of aliphatic hydroxyl groups excluding tert-OH is 1. The molecule has 0 radical (unpaired) electrons. The van der Waals surface area contributed by atoms with Crippen molar-refractivity contribution < 1.29 is 18.6 Å². The zero-order valence-corrected chi connectivity index (χ0v) is 7.63. The summed E-state index contributed by atoms with van der Waals surface area (Å²) in [4.78, 5) is 0. The lowest BCUT2D eigenvalue weighted by Gasteiger charge is -2.11. The standard InChI is InChI=1S/C9H11F2NO2/c1-14-8-3-5(7(12)4-13)2-6(10)9(8)11/h2-3,7,13H,4,12H2,1H3/t7-/m1/s1. The van der Waals surface area contributed by atoms with Gasteiger partial charge in [0.25, 0.3) is 0 Å². The van der Waals surface area contributed by atoms with Crippen molar-refractivity contribution in [1.82, 2.24) is 0 Å². The summed E-state index contributed by atoms with van der Waals surface area (Å²) in [6, 6.07) is 1.47. The summed E-state index contributed by atoms with van der Waals surface area (Å²) >= 11 is 0. The Morgan fingerprint density at radius 2 is 2.14 bits per heavy atom. The van der Waals surface area contributed by atoms with Crippen LogP contribution in [0.3, 0.4) is 0 Å². The second-order valence-electron chi connectivity index (χ2n) is 2.81. The first-order valence-electron chi connectivity index (χ1n) is 3.99. The number of ether oxygens (including phenoxy) is 1. The van der Waals surface area contributed by atoms with Gasteiger partial charge in [-0.3, -0.25) is 0 Å². The Morgan fingerprint density at radius 3 is 2.64 bits per heavy atom. The molecule has 1 atom stereocenters. The quantitative estimate of drug-likeness (QED) is 0.769.